The van der Waals surface area contributed by atoms with Crippen LogP contribution in [0, 0.1) is 0 Å². The Morgan fingerprint density at radius 1 is 1.29 bits per heavy atom. The molecular weight excluding hydrogens is 180 g/mol. The molecule has 4 heteroatoms. The van der Waals surface area contributed by atoms with E-state index in [1.807, 2.05) is 0 Å². The summed E-state index contributed by atoms with van der Waals surface area (Å²) in [6.07, 6.45) is 1.68. The van der Waals surface area contributed by atoms with Gasteiger partial charge in [0.15, 0.2) is 0 Å². The van der Waals surface area contributed by atoms with Crippen LogP contribution in [-0.4, -0.2) is 23.0 Å². The maximum absolute atomic E-state index is 11.2. The number of rotatable bonds is 1. The van der Waals surface area contributed by atoms with Crippen molar-refractivity contribution in [3.05, 3.63) is 36.2 Å². The van der Waals surface area contributed by atoms with Crippen LogP contribution in [-0.2, 0) is 4.74 Å². The van der Waals surface area contributed by atoms with Crippen LogP contribution in [0.5, 0.6) is 0 Å². The second-order valence-corrected chi connectivity index (χ2v) is 2.73. The van der Waals surface area contributed by atoms with Crippen molar-refractivity contribution in [1.29, 1.82) is 0 Å². The van der Waals surface area contributed by atoms with Crippen molar-refractivity contribution < 1.29 is 9.53 Å². The third-order valence-corrected chi connectivity index (χ3v) is 1.85. The average Bonchev–Trinajstić information content (AvgIpc) is 2.27. The van der Waals surface area contributed by atoms with Gasteiger partial charge in [0.25, 0.3) is 0 Å². The second kappa shape index (κ2) is 3.41. The summed E-state index contributed by atoms with van der Waals surface area (Å²) in [5, 5.41) is 0. The first-order valence-electron chi connectivity index (χ1n) is 4.11. The normalized spacial score (nSPS) is 10.1. The molecule has 0 aromatic carbocycles. The van der Waals surface area contributed by atoms with Crippen LogP contribution in [0.3, 0.4) is 0 Å². The summed E-state index contributed by atoms with van der Waals surface area (Å²) in [5.41, 5.74) is 1.75. The zero-order chi connectivity index (χ0) is 9.97. The van der Waals surface area contributed by atoms with Gasteiger partial charge in [-0.25, -0.2) is 9.78 Å². The number of fused-ring (bicyclic) bond motifs is 1. The maximum Gasteiger partial charge on any atom is 0.356 e. The molecule has 0 aliphatic rings. The molecule has 0 fully saturated rings. The van der Waals surface area contributed by atoms with Gasteiger partial charge >= 0.3 is 5.97 Å². The van der Waals surface area contributed by atoms with Gasteiger partial charge in [-0.1, -0.05) is 0 Å². The Kier molecular flexibility index (Phi) is 2.10. The Morgan fingerprint density at radius 3 is 2.93 bits per heavy atom. The van der Waals surface area contributed by atoms with E-state index in [0.717, 1.165) is 5.52 Å². The predicted octanol–water partition coefficient (Wildman–Crippen LogP) is 1.42. The molecule has 0 aliphatic heterocycles. The van der Waals surface area contributed by atoms with Crippen LogP contribution in [0.2, 0.25) is 0 Å². The lowest BCUT2D eigenvalue weighted by atomic mass is 10.3. The van der Waals surface area contributed by atoms with E-state index in [-0.39, 0.29) is 0 Å². The first-order valence-corrected chi connectivity index (χ1v) is 4.11. The van der Waals surface area contributed by atoms with Crippen molar-refractivity contribution in [2.75, 3.05) is 7.11 Å². The molecule has 0 atom stereocenters. The maximum atomic E-state index is 11.2. The van der Waals surface area contributed by atoms with Crippen molar-refractivity contribution in [1.82, 2.24) is 9.97 Å². The lowest BCUT2D eigenvalue weighted by molar-refractivity contribution is 0.0594. The zero-order valence-corrected chi connectivity index (χ0v) is 7.60. The Morgan fingerprint density at radius 2 is 2.14 bits per heavy atom. The van der Waals surface area contributed by atoms with Crippen LogP contribution in [0.25, 0.3) is 11.0 Å². The Hall–Kier alpha value is -1.97. The number of aromatic nitrogens is 2. The quantitative estimate of drug-likeness (QED) is 0.635. The molecule has 0 saturated heterocycles. The summed E-state index contributed by atoms with van der Waals surface area (Å²) >= 11 is 0. The molecule has 70 valence electrons. The van der Waals surface area contributed by atoms with E-state index < -0.39 is 5.97 Å². The Labute approximate surface area is 80.6 Å². The van der Waals surface area contributed by atoms with Gasteiger partial charge < -0.3 is 4.74 Å². The molecule has 14 heavy (non-hydrogen) atoms. The molecule has 2 rings (SSSR count). The van der Waals surface area contributed by atoms with Gasteiger partial charge in [0.1, 0.15) is 5.69 Å². The molecule has 0 amide bonds. The number of carbonyl (C=O) groups excluding carboxylic acids is 1. The third-order valence-electron chi connectivity index (χ3n) is 1.85. The third kappa shape index (κ3) is 1.42. The molecule has 0 saturated carbocycles. The molecule has 0 N–H and O–H groups in total. The number of esters is 1. The zero-order valence-electron chi connectivity index (χ0n) is 7.60. The smallest absolute Gasteiger partial charge is 0.356 e. The number of hydrogen-bond acceptors (Lipinski definition) is 4. The van der Waals surface area contributed by atoms with Crippen molar-refractivity contribution >= 4 is 17.0 Å². The number of pyridine rings is 2. The minimum Gasteiger partial charge on any atom is -0.464 e. The summed E-state index contributed by atoms with van der Waals surface area (Å²) in [4.78, 5) is 19.4. The highest BCUT2D eigenvalue weighted by Crippen LogP contribution is 2.09. The van der Waals surface area contributed by atoms with Crippen molar-refractivity contribution in [3.63, 3.8) is 0 Å². The number of methoxy groups -OCH3 is 1. The molecule has 0 spiro atoms. The van der Waals surface area contributed by atoms with Gasteiger partial charge in [-0.15, -0.1) is 0 Å². The summed E-state index contributed by atoms with van der Waals surface area (Å²) in [5.74, 6) is -0.434. The first kappa shape index (κ1) is 8.62. The summed E-state index contributed by atoms with van der Waals surface area (Å²) in [6, 6.07) is 6.92. The fourth-order valence-corrected chi connectivity index (χ4v) is 1.18. The van der Waals surface area contributed by atoms with E-state index in [1.54, 1.807) is 30.5 Å². The van der Waals surface area contributed by atoms with Crippen molar-refractivity contribution in [2.24, 2.45) is 0 Å². The minimum absolute atomic E-state index is 0.299. The van der Waals surface area contributed by atoms with E-state index in [4.69, 9.17) is 0 Å². The second-order valence-electron chi connectivity index (χ2n) is 2.73. The molecule has 4 nitrogen and oxygen atoms in total. The van der Waals surface area contributed by atoms with Crippen LogP contribution in [0.15, 0.2) is 30.5 Å². The van der Waals surface area contributed by atoms with Crippen molar-refractivity contribution in [3.8, 4) is 0 Å². The van der Waals surface area contributed by atoms with Crippen LogP contribution < -0.4 is 0 Å². The van der Waals surface area contributed by atoms with Crippen molar-refractivity contribution in [2.45, 2.75) is 0 Å². The number of ether oxygens (including phenoxy) is 1. The molecule has 0 bridgehead atoms. The molecular formula is C10H8N2O2. The lowest BCUT2D eigenvalue weighted by Crippen LogP contribution is -2.03. The number of carbonyl (C=O) groups is 1. The molecule has 0 radical (unpaired) electrons. The van der Waals surface area contributed by atoms with Crippen LogP contribution >= 0.6 is 0 Å². The predicted molar refractivity (Wildman–Crippen MR) is 50.9 cm³/mol. The fourth-order valence-electron chi connectivity index (χ4n) is 1.18. The SMILES string of the molecule is COC(=O)c1ccc2ncccc2n1. The van der Waals surface area contributed by atoms with Gasteiger partial charge in [-0.2, -0.15) is 0 Å². The summed E-state index contributed by atoms with van der Waals surface area (Å²) in [7, 11) is 1.33. The van der Waals surface area contributed by atoms with E-state index in [0.29, 0.717) is 11.2 Å². The molecule has 2 aromatic heterocycles. The summed E-state index contributed by atoms with van der Waals surface area (Å²) < 4.78 is 4.56. The van der Waals surface area contributed by atoms with E-state index >= 15 is 0 Å². The Bertz CT molecular complexity index is 482. The molecule has 0 unspecified atom stereocenters. The van der Waals surface area contributed by atoms with E-state index in [9.17, 15) is 4.79 Å². The van der Waals surface area contributed by atoms with Gasteiger partial charge in [-0.05, 0) is 24.3 Å². The average molecular weight is 188 g/mol. The first-order chi connectivity index (χ1) is 6.81. The fraction of sp³-hybridized carbons (Fsp3) is 0.100. The standard InChI is InChI=1S/C10H8N2O2/c1-14-10(13)9-5-4-7-8(12-9)3-2-6-11-7/h2-6H,1H3. The minimum atomic E-state index is -0.434. The molecule has 2 heterocycles. The van der Waals surface area contributed by atoms with E-state index in [2.05, 4.69) is 14.7 Å². The molecule has 2 aromatic rings. The highest BCUT2D eigenvalue weighted by atomic mass is 16.5. The molecule has 0 aliphatic carbocycles. The van der Waals surface area contributed by atoms with Crippen LogP contribution in [0.1, 0.15) is 10.5 Å². The monoisotopic (exact) mass is 188 g/mol. The van der Waals surface area contributed by atoms with E-state index in [1.165, 1.54) is 7.11 Å². The lowest BCUT2D eigenvalue weighted by Gasteiger charge is -1.99. The van der Waals surface area contributed by atoms with Gasteiger partial charge in [-0.3, -0.25) is 4.98 Å². The number of hydrogen-bond donors (Lipinski definition) is 0. The summed E-state index contributed by atoms with van der Waals surface area (Å²) in [6.45, 7) is 0. The highest BCUT2D eigenvalue weighted by molar-refractivity contribution is 5.90. The topological polar surface area (TPSA) is 52.1 Å². The Balaban J connectivity index is 2.56. The van der Waals surface area contributed by atoms with Gasteiger partial charge in [0.2, 0.25) is 0 Å². The highest BCUT2D eigenvalue weighted by Gasteiger charge is 2.07. The number of nitrogens with zero attached hydrogens (tertiary/aromatic N) is 2. The van der Waals surface area contributed by atoms with Gasteiger partial charge in [0.05, 0.1) is 18.1 Å². The van der Waals surface area contributed by atoms with Gasteiger partial charge in [0, 0.05) is 6.20 Å². The largest absolute Gasteiger partial charge is 0.464 e. The van der Waals surface area contributed by atoms with Crippen LogP contribution in [0.4, 0.5) is 0 Å².